The lowest BCUT2D eigenvalue weighted by Gasteiger charge is -2.14. The Morgan fingerprint density at radius 3 is 2.59 bits per heavy atom. The highest BCUT2D eigenvalue weighted by molar-refractivity contribution is 5.90. The fraction of sp³-hybridized carbons (Fsp3) is 0.364. The van der Waals surface area contributed by atoms with Crippen molar-refractivity contribution in [2.45, 2.75) is 26.1 Å². The van der Waals surface area contributed by atoms with Gasteiger partial charge in [-0.2, -0.15) is 13.2 Å². The maximum absolute atomic E-state index is 12.6. The molecule has 6 heteroatoms. The van der Waals surface area contributed by atoms with Gasteiger partial charge in [0.05, 0.1) is 11.3 Å². The summed E-state index contributed by atoms with van der Waals surface area (Å²) in [6, 6.07) is 4.77. The van der Waals surface area contributed by atoms with Crippen molar-refractivity contribution in [2.24, 2.45) is 0 Å². The van der Waals surface area contributed by atoms with E-state index in [-0.39, 0.29) is 11.7 Å². The molecule has 1 aromatic carbocycles. The van der Waals surface area contributed by atoms with E-state index in [1.807, 2.05) is 0 Å². The molecule has 1 aromatic rings. The number of carbonyl (C=O) groups is 1. The van der Waals surface area contributed by atoms with Gasteiger partial charge in [0.1, 0.15) is 0 Å². The molecule has 0 bridgehead atoms. The molecule has 0 aliphatic heterocycles. The number of anilines is 1. The third kappa shape index (κ3) is 3.97. The Hall–Kier alpha value is -1.72. The first kappa shape index (κ1) is 13.3. The summed E-state index contributed by atoms with van der Waals surface area (Å²) in [6.45, 7) is 3.42. The zero-order valence-corrected chi connectivity index (χ0v) is 9.35. The van der Waals surface area contributed by atoms with Gasteiger partial charge >= 0.3 is 12.2 Å². The molecular weight excluding hydrogens is 233 g/mol. The highest BCUT2D eigenvalue weighted by atomic mass is 19.4. The molecule has 0 atom stereocenters. The van der Waals surface area contributed by atoms with Gasteiger partial charge in [-0.25, -0.2) is 4.79 Å². The number of hydrogen-bond donors (Lipinski definition) is 2. The number of nitrogens with one attached hydrogen (secondary N) is 2. The first-order chi connectivity index (χ1) is 7.80. The molecule has 0 saturated carbocycles. The fourth-order valence-electron chi connectivity index (χ4n) is 1.19. The van der Waals surface area contributed by atoms with Crippen LogP contribution in [-0.2, 0) is 6.18 Å². The first-order valence-electron chi connectivity index (χ1n) is 4.95. The van der Waals surface area contributed by atoms with Gasteiger partial charge in [0.15, 0.2) is 0 Å². The van der Waals surface area contributed by atoms with Crippen molar-refractivity contribution in [1.29, 1.82) is 0 Å². The van der Waals surface area contributed by atoms with Crippen LogP contribution in [0.4, 0.5) is 23.7 Å². The molecular formula is C11H12F3N2O. The van der Waals surface area contributed by atoms with Crippen molar-refractivity contribution in [3.05, 3.63) is 29.8 Å². The molecule has 17 heavy (non-hydrogen) atoms. The minimum Gasteiger partial charge on any atom is -0.336 e. The number of amides is 2. The SMILES string of the molecule is CC(C)NC(=O)Nc1cc[c]cc1C(F)(F)F. The van der Waals surface area contributed by atoms with Gasteiger partial charge in [0.25, 0.3) is 0 Å². The second-order valence-corrected chi connectivity index (χ2v) is 3.72. The van der Waals surface area contributed by atoms with Crippen molar-refractivity contribution < 1.29 is 18.0 Å². The van der Waals surface area contributed by atoms with E-state index in [4.69, 9.17) is 0 Å². The second-order valence-electron chi connectivity index (χ2n) is 3.72. The lowest BCUT2D eigenvalue weighted by atomic mass is 10.1. The minimum atomic E-state index is -4.52. The highest BCUT2D eigenvalue weighted by Crippen LogP contribution is 2.34. The molecule has 0 fully saturated rings. The predicted octanol–water partition coefficient (Wildman–Crippen LogP) is 3.04. The van der Waals surface area contributed by atoms with Crippen molar-refractivity contribution in [1.82, 2.24) is 5.32 Å². The molecule has 0 unspecified atom stereocenters. The second kappa shape index (κ2) is 5.07. The van der Waals surface area contributed by atoms with E-state index in [0.29, 0.717) is 0 Å². The summed E-state index contributed by atoms with van der Waals surface area (Å²) in [7, 11) is 0. The Balaban J connectivity index is 2.88. The minimum absolute atomic E-state index is 0.153. The summed E-state index contributed by atoms with van der Waals surface area (Å²) < 4.78 is 37.7. The number of alkyl halides is 3. The molecule has 3 nitrogen and oxygen atoms in total. The summed E-state index contributed by atoms with van der Waals surface area (Å²) in [5.74, 6) is 0. The van der Waals surface area contributed by atoms with E-state index in [2.05, 4.69) is 16.7 Å². The van der Waals surface area contributed by atoms with Gasteiger partial charge in [-0.05, 0) is 32.0 Å². The topological polar surface area (TPSA) is 41.1 Å². The van der Waals surface area contributed by atoms with Gasteiger partial charge in [0, 0.05) is 6.04 Å². The van der Waals surface area contributed by atoms with Crippen LogP contribution in [-0.4, -0.2) is 12.1 Å². The molecule has 1 rings (SSSR count). The van der Waals surface area contributed by atoms with E-state index in [9.17, 15) is 18.0 Å². The van der Waals surface area contributed by atoms with Crippen molar-refractivity contribution in [3.63, 3.8) is 0 Å². The van der Waals surface area contributed by atoms with E-state index >= 15 is 0 Å². The fourth-order valence-corrected chi connectivity index (χ4v) is 1.19. The standard InChI is InChI=1S/C11H12F3N2O/c1-7(2)15-10(17)16-9-6-4-3-5-8(9)11(12,13)14/h4-7H,1-2H3,(H2,15,16,17). The number of carbonyl (C=O) groups excluding carboxylic acids is 1. The van der Waals surface area contributed by atoms with Gasteiger partial charge in [-0.1, -0.05) is 6.07 Å². The monoisotopic (exact) mass is 245 g/mol. The van der Waals surface area contributed by atoms with Crippen molar-refractivity contribution in [3.8, 4) is 0 Å². The van der Waals surface area contributed by atoms with Gasteiger partial charge in [-0.3, -0.25) is 0 Å². The first-order valence-corrected chi connectivity index (χ1v) is 4.95. The molecule has 1 radical (unpaired) electrons. The maximum atomic E-state index is 12.6. The number of rotatable bonds is 2. The zero-order chi connectivity index (χ0) is 13.1. The number of urea groups is 1. The van der Waals surface area contributed by atoms with Gasteiger partial charge in [0.2, 0.25) is 0 Å². The summed E-state index contributed by atoms with van der Waals surface area (Å²) >= 11 is 0. The average Bonchev–Trinajstić information content (AvgIpc) is 2.15. The van der Waals surface area contributed by atoms with Crippen LogP contribution in [0.2, 0.25) is 0 Å². The largest absolute Gasteiger partial charge is 0.418 e. The molecule has 2 N–H and O–H groups in total. The molecule has 0 aromatic heterocycles. The van der Waals surface area contributed by atoms with Crippen LogP contribution >= 0.6 is 0 Å². The summed E-state index contributed by atoms with van der Waals surface area (Å²) in [5.41, 5.74) is -1.20. The number of halogens is 3. The van der Waals surface area contributed by atoms with Crippen LogP contribution in [0.1, 0.15) is 19.4 Å². The Bertz CT molecular complexity index is 402. The lowest BCUT2D eigenvalue weighted by molar-refractivity contribution is -0.136. The van der Waals surface area contributed by atoms with Gasteiger partial charge < -0.3 is 10.6 Å². The van der Waals surface area contributed by atoms with E-state index < -0.39 is 17.8 Å². The van der Waals surface area contributed by atoms with Crippen LogP contribution in [0.3, 0.4) is 0 Å². The molecule has 93 valence electrons. The molecule has 0 saturated heterocycles. The van der Waals surface area contributed by atoms with Crippen LogP contribution in [0.25, 0.3) is 0 Å². The lowest BCUT2D eigenvalue weighted by Crippen LogP contribution is -2.34. The molecule has 0 aliphatic rings. The van der Waals surface area contributed by atoms with E-state index in [1.54, 1.807) is 13.8 Å². The summed E-state index contributed by atoms with van der Waals surface area (Å²) in [4.78, 5) is 11.3. The normalized spacial score (nSPS) is 11.4. The van der Waals surface area contributed by atoms with Crippen LogP contribution < -0.4 is 10.6 Å². The summed E-state index contributed by atoms with van der Waals surface area (Å²) in [6.07, 6.45) is -4.52. The Morgan fingerprint density at radius 1 is 1.41 bits per heavy atom. The third-order valence-corrected chi connectivity index (χ3v) is 1.84. The van der Waals surface area contributed by atoms with E-state index in [0.717, 1.165) is 12.1 Å². The molecule has 0 heterocycles. The Kier molecular flexibility index (Phi) is 3.98. The molecule has 2 amide bonds. The highest BCUT2D eigenvalue weighted by Gasteiger charge is 2.33. The van der Waals surface area contributed by atoms with E-state index in [1.165, 1.54) is 6.07 Å². The maximum Gasteiger partial charge on any atom is 0.418 e. The quantitative estimate of drug-likeness (QED) is 0.826. The Morgan fingerprint density at radius 2 is 2.06 bits per heavy atom. The third-order valence-electron chi connectivity index (χ3n) is 1.84. The van der Waals surface area contributed by atoms with Crippen LogP contribution in [0.5, 0.6) is 0 Å². The predicted molar refractivity (Wildman–Crippen MR) is 57.6 cm³/mol. The van der Waals surface area contributed by atoms with Crippen LogP contribution in [0, 0.1) is 6.07 Å². The van der Waals surface area contributed by atoms with Crippen LogP contribution in [0.15, 0.2) is 18.2 Å². The average molecular weight is 245 g/mol. The van der Waals surface area contributed by atoms with Crippen molar-refractivity contribution in [2.75, 3.05) is 5.32 Å². The number of benzene rings is 1. The summed E-state index contributed by atoms with van der Waals surface area (Å²) in [5, 5.41) is 4.60. The van der Waals surface area contributed by atoms with Gasteiger partial charge in [-0.15, -0.1) is 0 Å². The zero-order valence-electron chi connectivity index (χ0n) is 9.35. The van der Waals surface area contributed by atoms with Crippen molar-refractivity contribution >= 4 is 11.7 Å². The smallest absolute Gasteiger partial charge is 0.336 e. The molecule has 0 spiro atoms. The number of hydrogen-bond acceptors (Lipinski definition) is 1. The Labute approximate surface area is 97.0 Å². The molecule has 0 aliphatic carbocycles.